The van der Waals surface area contributed by atoms with Crippen molar-refractivity contribution in [2.24, 2.45) is 0 Å². The molecule has 0 unspecified atom stereocenters. The number of esters is 1. The normalized spacial score (nSPS) is 11.3. The van der Waals surface area contributed by atoms with Gasteiger partial charge in [0.15, 0.2) is 0 Å². The average molecular weight is 388 g/mol. The maximum Gasteiger partial charge on any atom is 0.333 e. The lowest BCUT2D eigenvalue weighted by Gasteiger charge is -2.09. The van der Waals surface area contributed by atoms with Gasteiger partial charge in [-0.3, -0.25) is 0 Å². The highest BCUT2D eigenvalue weighted by Gasteiger charge is 2.06. The molecule has 0 aromatic heterocycles. The molecule has 0 aliphatic rings. The lowest BCUT2D eigenvalue weighted by Crippen LogP contribution is -2.04. The number of benzene rings is 1. The molecule has 0 radical (unpaired) electrons. The summed E-state index contributed by atoms with van der Waals surface area (Å²) in [7, 11) is 0. The predicted octanol–water partition coefficient (Wildman–Crippen LogP) is 4.44. The molecular weight excluding hydrogens is 367 g/mol. The molecule has 4 heteroatoms. The minimum Gasteiger partial charge on any atom is -0.492 e. The van der Waals surface area contributed by atoms with Gasteiger partial charge >= 0.3 is 5.97 Å². The fraction of sp³-hybridized carbons (Fsp3) is 0.438. The maximum absolute atomic E-state index is 11.6. The topological polar surface area (TPSA) is 35.5 Å². The number of hydrogen-bond donors (Lipinski definition) is 0. The van der Waals surface area contributed by atoms with Gasteiger partial charge in [0.2, 0.25) is 0 Å². The molecule has 110 valence electrons. The molecule has 0 amide bonds. The molecule has 20 heavy (non-hydrogen) atoms. The van der Waals surface area contributed by atoms with Crippen LogP contribution < -0.4 is 4.74 Å². The van der Waals surface area contributed by atoms with Gasteiger partial charge in [-0.15, -0.1) is 0 Å². The van der Waals surface area contributed by atoms with Crippen molar-refractivity contribution in [3.63, 3.8) is 0 Å². The summed E-state index contributed by atoms with van der Waals surface area (Å²) < 4.78 is 11.8. The fourth-order valence-corrected chi connectivity index (χ4v) is 2.09. The lowest BCUT2D eigenvalue weighted by atomic mass is 10.1. The molecule has 0 aliphatic heterocycles. The van der Waals surface area contributed by atoms with Crippen LogP contribution in [0, 0.1) is 3.57 Å². The zero-order valence-corrected chi connectivity index (χ0v) is 14.4. The van der Waals surface area contributed by atoms with E-state index in [1.54, 1.807) is 13.8 Å². The van der Waals surface area contributed by atoms with Gasteiger partial charge < -0.3 is 9.47 Å². The van der Waals surface area contributed by atoms with E-state index >= 15 is 0 Å². The third-order valence-corrected chi connectivity index (χ3v) is 3.58. The summed E-state index contributed by atoms with van der Waals surface area (Å²) in [6.45, 7) is 6.80. The second kappa shape index (κ2) is 9.00. The standard InChI is InChI=1S/C16H21IO3/c1-4-6-9-20-15-11-13(7-8-14(15)17)10-12(3)16(18)19-5-2/h7-8,10-11H,4-6,9H2,1-3H3/b12-10+. The van der Waals surface area contributed by atoms with E-state index in [-0.39, 0.29) is 5.97 Å². The summed E-state index contributed by atoms with van der Waals surface area (Å²) in [6, 6.07) is 5.92. The number of halogens is 1. The molecule has 0 atom stereocenters. The molecule has 1 aromatic rings. The number of carbonyl (C=O) groups excluding carboxylic acids is 1. The molecular formula is C16H21IO3. The monoisotopic (exact) mass is 388 g/mol. The van der Waals surface area contributed by atoms with E-state index in [9.17, 15) is 4.79 Å². The van der Waals surface area contributed by atoms with Crippen LogP contribution >= 0.6 is 22.6 Å². The number of hydrogen-bond acceptors (Lipinski definition) is 3. The van der Waals surface area contributed by atoms with Crippen molar-refractivity contribution in [2.45, 2.75) is 33.6 Å². The summed E-state index contributed by atoms with van der Waals surface area (Å²) in [4.78, 5) is 11.6. The van der Waals surface area contributed by atoms with Crippen molar-refractivity contribution in [3.8, 4) is 5.75 Å². The molecule has 0 spiro atoms. The Hall–Kier alpha value is -1.04. The predicted molar refractivity (Wildman–Crippen MR) is 89.8 cm³/mol. The van der Waals surface area contributed by atoms with Crippen LogP contribution in [0.15, 0.2) is 23.8 Å². The van der Waals surface area contributed by atoms with Crippen LogP contribution in [0.4, 0.5) is 0 Å². The van der Waals surface area contributed by atoms with E-state index in [0.29, 0.717) is 12.2 Å². The highest BCUT2D eigenvalue weighted by molar-refractivity contribution is 14.1. The molecule has 1 aromatic carbocycles. The summed E-state index contributed by atoms with van der Waals surface area (Å²) in [5, 5.41) is 0. The van der Waals surface area contributed by atoms with Gasteiger partial charge in [-0.25, -0.2) is 4.79 Å². The SMILES string of the molecule is CCCCOc1cc(/C=C(\C)C(=O)OCC)ccc1I. The van der Waals surface area contributed by atoms with E-state index in [2.05, 4.69) is 29.5 Å². The second-order valence-electron chi connectivity index (χ2n) is 4.44. The minimum absolute atomic E-state index is 0.278. The van der Waals surface area contributed by atoms with E-state index in [1.165, 1.54) is 0 Å². The summed E-state index contributed by atoms with van der Waals surface area (Å²) in [6.07, 6.45) is 3.97. The molecule has 0 bridgehead atoms. The number of rotatable bonds is 7. The third kappa shape index (κ3) is 5.53. The third-order valence-electron chi connectivity index (χ3n) is 2.69. The highest BCUT2D eigenvalue weighted by Crippen LogP contribution is 2.24. The smallest absolute Gasteiger partial charge is 0.333 e. The van der Waals surface area contributed by atoms with Gasteiger partial charge in [-0.2, -0.15) is 0 Å². The van der Waals surface area contributed by atoms with Crippen molar-refractivity contribution in [2.75, 3.05) is 13.2 Å². The Balaban J connectivity index is 2.83. The maximum atomic E-state index is 11.6. The zero-order valence-electron chi connectivity index (χ0n) is 12.2. The van der Waals surface area contributed by atoms with Crippen LogP contribution in [0.1, 0.15) is 39.2 Å². The van der Waals surface area contributed by atoms with Gasteiger partial charge in [0, 0.05) is 5.57 Å². The van der Waals surface area contributed by atoms with Crippen molar-refractivity contribution in [1.29, 1.82) is 0 Å². The Kier molecular flexibility index (Phi) is 7.65. The first-order valence-corrected chi connectivity index (χ1v) is 7.94. The second-order valence-corrected chi connectivity index (χ2v) is 5.60. The largest absolute Gasteiger partial charge is 0.492 e. The number of unbranched alkanes of at least 4 members (excludes halogenated alkanes) is 1. The average Bonchev–Trinajstić information content (AvgIpc) is 2.42. The van der Waals surface area contributed by atoms with Crippen LogP contribution in [0.25, 0.3) is 6.08 Å². The first-order chi connectivity index (χ1) is 9.58. The quantitative estimate of drug-likeness (QED) is 0.300. The number of ether oxygens (including phenoxy) is 2. The van der Waals surface area contributed by atoms with Gasteiger partial charge in [0.25, 0.3) is 0 Å². The summed E-state index contributed by atoms with van der Waals surface area (Å²) >= 11 is 2.25. The van der Waals surface area contributed by atoms with Crippen LogP contribution in [0.2, 0.25) is 0 Å². The molecule has 0 N–H and O–H groups in total. The molecule has 0 saturated carbocycles. The molecule has 0 aliphatic carbocycles. The molecule has 3 nitrogen and oxygen atoms in total. The van der Waals surface area contributed by atoms with E-state index in [1.807, 2.05) is 24.3 Å². The van der Waals surface area contributed by atoms with Crippen LogP contribution in [0.5, 0.6) is 5.75 Å². The molecule has 0 heterocycles. The van der Waals surface area contributed by atoms with E-state index in [0.717, 1.165) is 34.3 Å². The minimum atomic E-state index is -0.278. The Morgan fingerprint density at radius 3 is 2.75 bits per heavy atom. The molecule has 1 rings (SSSR count). The fourth-order valence-electron chi connectivity index (χ4n) is 1.60. The van der Waals surface area contributed by atoms with Crippen LogP contribution in [-0.4, -0.2) is 19.2 Å². The van der Waals surface area contributed by atoms with Crippen molar-refractivity contribution in [3.05, 3.63) is 32.9 Å². The van der Waals surface area contributed by atoms with Gasteiger partial charge in [-0.1, -0.05) is 19.4 Å². The van der Waals surface area contributed by atoms with Crippen molar-refractivity contribution in [1.82, 2.24) is 0 Å². The molecule has 0 saturated heterocycles. The van der Waals surface area contributed by atoms with Gasteiger partial charge in [-0.05, 0) is 66.6 Å². The summed E-state index contributed by atoms with van der Waals surface area (Å²) in [5.74, 6) is 0.587. The van der Waals surface area contributed by atoms with Crippen molar-refractivity contribution < 1.29 is 14.3 Å². The Morgan fingerprint density at radius 2 is 2.10 bits per heavy atom. The highest BCUT2D eigenvalue weighted by atomic mass is 127. The first kappa shape index (κ1) is 17.0. The zero-order chi connectivity index (χ0) is 15.0. The Labute approximate surface area is 134 Å². The van der Waals surface area contributed by atoms with Gasteiger partial charge in [0.05, 0.1) is 16.8 Å². The van der Waals surface area contributed by atoms with Crippen molar-refractivity contribution >= 4 is 34.6 Å². The Morgan fingerprint density at radius 1 is 1.35 bits per heavy atom. The lowest BCUT2D eigenvalue weighted by molar-refractivity contribution is -0.138. The molecule has 0 fully saturated rings. The van der Waals surface area contributed by atoms with Gasteiger partial charge in [0.1, 0.15) is 5.75 Å². The van der Waals surface area contributed by atoms with E-state index in [4.69, 9.17) is 9.47 Å². The first-order valence-electron chi connectivity index (χ1n) is 6.86. The van der Waals surface area contributed by atoms with Crippen LogP contribution in [-0.2, 0) is 9.53 Å². The van der Waals surface area contributed by atoms with Crippen LogP contribution in [0.3, 0.4) is 0 Å². The Bertz CT molecular complexity index is 481. The summed E-state index contributed by atoms with van der Waals surface area (Å²) in [5.41, 5.74) is 1.54. The number of carbonyl (C=O) groups is 1. The van der Waals surface area contributed by atoms with E-state index < -0.39 is 0 Å².